The molecule has 10 N–H and O–H groups in total. The minimum Gasteiger partial charge on any atom is -0.481 e. The molecule has 0 saturated carbocycles. The van der Waals surface area contributed by atoms with E-state index in [-0.39, 0.29) is 56.3 Å². The summed E-state index contributed by atoms with van der Waals surface area (Å²) in [7, 11) is 0. The molecule has 418 valence electrons. The lowest BCUT2D eigenvalue weighted by Gasteiger charge is -2.30. The van der Waals surface area contributed by atoms with Crippen molar-refractivity contribution in [1.29, 1.82) is 0 Å². The molecule has 1 aliphatic heterocycles. The number of carboxylic acids is 1. The normalized spacial score (nSPS) is 24.4. The first kappa shape index (κ1) is 65.7. The summed E-state index contributed by atoms with van der Waals surface area (Å²) in [5, 5.41) is 28.5. The third kappa shape index (κ3) is 27.0. The number of primary amides is 1. The van der Waals surface area contributed by atoms with Gasteiger partial charge < -0.3 is 52.8 Å². The van der Waals surface area contributed by atoms with Gasteiger partial charge in [0.2, 0.25) is 47.3 Å². The molecule has 0 aromatic heterocycles. The maximum Gasteiger partial charge on any atom is 0.329 e. The van der Waals surface area contributed by atoms with E-state index in [0.717, 1.165) is 38.5 Å². The molecule has 8 amide bonds. The molecule has 1 rings (SSSR count). The van der Waals surface area contributed by atoms with Crippen LogP contribution in [-0.2, 0) is 52.7 Å². The third-order valence-electron chi connectivity index (χ3n) is 12.9. The van der Waals surface area contributed by atoms with Crippen LogP contribution in [0.5, 0.6) is 0 Å². The zero-order chi connectivity index (χ0) is 55.5. The van der Waals surface area contributed by atoms with Crippen LogP contribution in [-0.4, -0.2) is 113 Å². The van der Waals surface area contributed by atoms with Crippen molar-refractivity contribution in [3.05, 3.63) is 0 Å². The zero-order valence-electron chi connectivity index (χ0n) is 46.1. The number of aliphatic carboxylic acids is 1. The van der Waals surface area contributed by atoms with Gasteiger partial charge in [-0.1, -0.05) is 134 Å². The Kier molecular flexibility index (Phi) is 30.8. The van der Waals surface area contributed by atoms with Gasteiger partial charge in [-0.2, -0.15) is 0 Å². The van der Waals surface area contributed by atoms with Crippen LogP contribution in [0.15, 0.2) is 0 Å². The van der Waals surface area contributed by atoms with Crippen molar-refractivity contribution in [3.8, 4) is 0 Å². The van der Waals surface area contributed by atoms with Crippen molar-refractivity contribution >= 4 is 59.2 Å². The standard InChI is InChI=1S/C53H94N8O12/c1-13-35(12)46-53(72)73-36(22-20-18-16-14-15-17-19-21-30(2)3)28-43(63)55-37(23-24-42(54)62)47(66)56-38(25-31(4)5)48(67)57-39(26-32(6)7)50(69)60-45(34(10)11)52(71)59-41(29-44(64)65)49(68)58-40(27-33(8)9)51(70)61-46/h30-41,45-46H,13-29H2,1-12H3,(H2,54,62)(H,55,63)(H,56,66)(H,57,67)(H,58,68)(H,59,71)(H,60,69)(H,61,70)(H,64,65)/t35-,36-,37+,38+,39-,40-,41+,45+,46-/m1/s1. The van der Waals surface area contributed by atoms with E-state index in [1.807, 2.05) is 34.6 Å². The van der Waals surface area contributed by atoms with E-state index in [1.165, 1.54) is 6.42 Å². The van der Waals surface area contributed by atoms with Crippen molar-refractivity contribution in [1.82, 2.24) is 37.2 Å². The molecule has 20 nitrogen and oxygen atoms in total. The van der Waals surface area contributed by atoms with Crippen LogP contribution < -0.4 is 43.0 Å². The molecule has 9 atom stereocenters. The SMILES string of the molecule is CC[C@@H](C)[C@H]1NC(=O)[C@@H](CC(C)C)NC(=O)[C@H](CC(=O)O)NC(=O)[C@H](C(C)C)NC(=O)[C@@H](CC(C)C)NC(=O)[C@H](CC(C)C)NC(=O)[C@H](CCC(N)=O)NC(=O)C[C@@H](CCCCCCCCCC(C)C)OC1=O. The number of cyclic esters (lactones) is 1. The number of unbranched alkanes of at least 4 members (excludes halogenated alkanes) is 6. The first-order valence-corrected chi connectivity index (χ1v) is 27.0. The van der Waals surface area contributed by atoms with E-state index in [9.17, 15) is 53.1 Å². The number of hydrogen-bond acceptors (Lipinski definition) is 11. The van der Waals surface area contributed by atoms with Gasteiger partial charge in [-0.25, -0.2) is 4.79 Å². The van der Waals surface area contributed by atoms with E-state index in [0.29, 0.717) is 18.8 Å². The predicted octanol–water partition coefficient (Wildman–Crippen LogP) is 4.44. The second-order valence-electron chi connectivity index (χ2n) is 22.2. The Morgan fingerprint density at radius 2 is 0.959 bits per heavy atom. The number of ether oxygens (including phenoxy) is 1. The zero-order valence-corrected chi connectivity index (χ0v) is 46.1. The van der Waals surface area contributed by atoms with Gasteiger partial charge in [0.1, 0.15) is 48.4 Å². The molecule has 0 aromatic carbocycles. The number of carbonyl (C=O) groups is 10. The molecule has 0 unspecified atom stereocenters. The van der Waals surface area contributed by atoms with Crippen molar-refractivity contribution < 1.29 is 57.8 Å². The number of carbonyl (C=O) groups excluding carboxylic acids is 9. The van der Waals surface area contributed by atoms with Gasteiger partial charge in [-0.15, -0.1) is 0 Å². The summed E-state index contributed by atoms with van der Waals surface area (Å²) in [4.78, 5) is 137. The number of amides is 8. The third-order valence-corrected chi connectivity index (χ3v) is 12.9. The summed E-state index contributed by atoms with van der Waals surface area (Å²) in [6.45, 7) is 22.0. The minimum absolute atomic E-state index is 0.0459. The predicted molar refractivity (Wildman–Crippen MR) is 278 cm³/mol. The van der Waals surface area contributed by atoms with Crippen LogP contribution in [0.1, 0.15) is 192 Å². The maximum absolute atomic E-state index is 14.3. The topological polar surface area (TPSA) is 310 Å². The molecule has 1 saturated heterocycles. The molecule has 0 bridgehead atoms. The Balaban J connectivity index is 3.96. The summed E-state index contributed by atoms with van der Waals surface area (Å²) >= 11 is 0. The Labute approximate surface area is 434 Å². The van der Waals surface area contributed by atoms with Crippen molar-refractivity contribution in [2.75, 3.05) is 0 Å². The van der Waals surface area contributed by atoms with Crippen LogP contribution in [0, 0.1) is 35.5 Å². The Morgan fingerprint density at radius 3 is 1.40 bits per heavy atom. The van der Waals surface area contributed by atoms with E-state index in [4.69, 9.17) is 10.5 Å². The largest absolute Gasteiger partial charge is 0.481 e. The Hall–Kier alpha value is -5.30. The summed E-state index contributed by atoms with van der Waals surface area (Å²) in [6, 6.07) is -9.49. The lowest BCUT2D eigenvalue weighted by Crippen LogP contribution is -2.61. The number of rotatable bonds is 24. The Morgan fingerprint density at radius 1 is 0.534 bits per heavy atom. The Bertz CT molecular complexity index is 1810. The molecule has 1 fully saturated rings. The van der Waals surface area contributed by atoms with Gasteiger partial charge in [0, 0.05) is 6.42 Å². The number of nitrogens with one attached hydrogen (secondary N) is 7. The molecule has 20 heteroatoms. The fourth-order valence-corrected chi connectivity index (χ4v) is 8.55. The van der Waals surface area contributed by atoms with Crippen LogP contribution in [0.4, 0.5) is 0 Å². The van der Waals surface area contributed by atoms with Gasteiger partial charge in [0.05, 0.1) is 12.8 Å². The number of nitrogens with two attached hydrogens (primary N) is 1. The first-order chi connectivity index (χ1) is 34.1. The number of hydrogen-bond donors (Lipinski definition) is 9. The quantitative estimate of drug-likeness (QED) is 0.0479. The molecule has 73 heavy (non-hydrogen) atoms. The van der Waals surface area contributed by atoms with E-state index < -0.39 is 132 Å². The molecular formula is C53H94N8O12. The molecular weight excluding hydrogens is 941 g/mol. The number of esters is 1. The average Bonchev–Trinajstić information content (AvgIpc) is 3.27. The molecule has 0 aromatic rings. The van der Waals surface area contributed by atoms with Crippen molar-refractivity contribution in [2.45, 2.75) is 241 Å². The van der Waals surface area contributed by atoms with E-state index in [2.05, 4.69) is 51.1 Å². The smallest absolute Gasteiger partial charge is 0.329 e. The average molecular weight is 1040 g/mol. The highest BCUT2D eigenvalue weighted by Crippen LogP contribution is 2.20. The van der Waals surface area contributed by atoms with E-state index >= 15 is 0 Å². The van der Waals surface area contributed by atoms with Crippen LogP contribution >= 0.6 is 0 Å². The lowest BCUT2D eigenvalue weighted by atomic mass is 9.97. The maximum atomic E-state index is 14.3. The first-order valence-electron chi connectivity index (χ1n) is 27.0. The molecule has 1 aliphatic rings. The van der Waals surface area contributed by atoms with Crippen molar-refractivity contribution in [3.63, 3.8) is 0 Å². The fraction of sp³-hybridized carbons (Fsp3) is 0.811. The van der Waals surface area contributed by atoms with Gasteiger partial charge in [-0.05, 0) is 74.0 Å². The van der Waals surface area contributed by atoms with Crippen LogP contribution in [0.3, 0.4) is 0 Å². The van der Waals surface area contributed by atoms with Crippen LogP contribution in [0.2, 0.25) is 0 Å². The monoisotopic (exact) mass is 1030 g/mol. The van der Waals surface area contributed by atoms with Crippen LogP contribution in [0.25, 0.3) is 0 Å². The highest BCUT2D eigenvalue weighted by atomic mass is 16.5. The lowest BCUT2D eigenvalue weighted by molar-refractivity contribution is -0.156. The second-order valence-corrected chi connectivity index (χ2v) is 22.2. The second kappa shape index (κ2) is 34.2. The van der Waals surface area contributed by atoms with Gasteiger partial charge in [0.25, 0.3) is 0 Å². The van der Waals surface area contributed by atoms with Gasteiger partial charge in [-0.3, -0.25) is 43.2 Å². The van der Waals surface area contributed by atoms with Gasteiger partial charge in [0.15, 0.2) is 0 Å². The summed E-state index contributed by atoms with van der Waals surface area (Å²) in [6.07, 6.45) is 5.88. The molecule has 1 heterocycles. The fourth-order valence-electron chi connectivity index (χ4n) is 8.55. The summed E-state index contributed by atoms with van der Waals surface area (Å²) < 4.78 is 6.08. The molecule has 0 aliphatic carbocycles. The highest BCUT2D eigenvalue weighted by Gasteiger charge is 2.38. The summed E-state index contributed by atoms with van der Waals surface area (Å²) in [5.41, 5.74) is 5.49. The number of carboxylic acid groups (broad SMARTS) is 1. The molecule has 0 spiro atoms. The molecule has 0 radical (unpaired) electrons. The highest BCUT2D eigenvalue weighted by molar-refractivity contribution is 5.98. The van der Waals surface area contributed by atoms with E-state index in [1.54, 1.807) is 34.6 Å². The minimum atomic E-state index is -1.72. The van der Waals surface area contributed by atoms with Gasteiger partial charge >= 0.3 is 11.9 Å². The summed E-state index contributed by atoms with van der Waals surface area (Å²) in [5.74, 6) is -9.76. The van der Waals surface area contributed by atoms with Crippen molar-refractivity contribution in [2.24, 2.45) is 41.2 Å².